The molecule has 0 aliphatic carbocycles. The summed E-state index contributed by atoms with van der Waals surface area (Å²) in [5.41, 5.74) is 2.74. The van der Waals surface area contributed by atoms with Gasteiger partial charge in [0.05, 0.1) is 0 Å². The Hall–Kier alpha value is -2.32. The van der Waals surface area contributed by atoms with E-state index in [1.54, 1.807) is 0 Å². The Morgan fingerprint density at radius 1 is 1.22 bits per heavy atom. The van der Waals surface area contributed by atoms with E-state index in [0.717, 1.165) is 42.8 Å². The molecule has 1 aliphatic rings. The lowest BCUT2D eigenvalue weighted by Gasteiger charge is -2.37. The van der Waals surface area contributed by atoms with E-state index in [1.165, 1.54) is 0 Å². The number of aryl methyl sites for hydroxylation is 1. The molecule has 0 radical (unpaired) electrons. The highest BCUT2D eigenvalue weighted by Gasteiger charge is 2.30. The number of nitrogens with zero attached hydrogens (tertiary/aromatic N) is 6. The Labute approximate surface area is 133 Å². The normalized spacial score (nSPS) is 20.3. The number of benzene rings is 1. The number of hydrogen-bond acceptors (Lipinski definition) is 8. The van der Waals surface area contributed by atoms with Gasteiger partial charge in [0.25, 0.3) is 0 Å². The summed E-state index contributed by atoms with van der Waals surface area (Å²) < 4.78 is 10.2. The van der Waals surface area contributed by atoms with E-state index < -0.39 is 0 Å². The molecule has 4 rings (SSSR count). The van der Waals surface area contributed by atoms with Crippen molar-refractivity contribution in [3.05, 3.63) is 35.5 Å². The molecule has 0 amide bonds. The molecule has 23 heavy (non-hydrogen) atoms. The topological polar surface area (TPSA) is 84.3 Å². The lowest BCUT2D eigenvalue weighted by Crippen LogP contribution is -2.46. The summed E-state index contributed by atoms with van der Waals surface area (Å²) in [5, 5.41) is 11.8. The van der Waals surface area contributed by atoms with Gasteiger partial charge >= 0.3 is 0 Å². The van der Waals surface area contributed by atoms with Gasteiger partial charge in [0.2, 0.25) is 5.89 Å². The average Bonchev–Trinajstić information content (AvgIpc) is 3.18. The van der Waals surface area contributed by atoms with Crippen LogP contribution < -0.4 is 0 Å². The molecule has 0 saturated carbocycles. The third kappa shape index (κ3) is 2.71. The molecular formula is C15H18N6O2. The van der Waals surface area contributed by atoms with Crippen LogP contribution >= 0.6 is 0 Å². The van der Waals surface area contributed by atoms with Gasteiger partial charge in [-0.2, -0.15) is 4.98 Å². The van der Waals surface area contributed by atoms with Crippen molar-refractivity contribution in [3.63, 3.8) is 0 Å². The number of rotatable bonds is 3. The van der Waals surface area contributed by atoms with E-state index in [-0.39, 0.29) is 6.04 Å². The number of hydrogen-bond donors (Lipinski definition) is 0. The molecule has 120 valence electrons. The highest BCUT2D eigenvalue weighted by molar-refractivity contribution is 5.76. The minimum atomic E-state index is 0.111. The summed E-state index contributed by atoms with van der Waals surface area (Å²) in [5.74, 6) is 1.35. The van der Waals surface area contributed by atoms with Crippen molar-refractivity contribution in [2.24, 2.45) is 0 Å². The third-order valence-corrected chi connectivity index (χ3v) is 4.32. The Balaban J connectivity index is 1.54. The van der Waals surface area contributed by atoms with Crippen LogP contribution in [0.15, 0.2) is 27.4 Å². The summed E-state index contributed by atoms with van der Waals surface area (Å²) in [7, 11) is 2.09. The lowest BCUT2D eigenvalue weighted by molar-refractivity contribution is 0.0716. The molecule has 1 aromatic carbocycles. The summed E-state index contributed by atoms with van der Waals surface area (Å²) in [6.45, 7) is 5.38. The van der Waals surface area contributed by atoms with Crippen LogP contribution in [0.2, 0.25) is 0 Å². The standard InChI is InChI=1S/C15H18N6O2/c1-10-16-15(22-17-10)13-9-21(7-6-20(13)2)8-11-4-3-5-12-14(11)19-23-18-12/h3-5,13H,6-9H2,1-2H3. The molecule has 1 unspecified atom stereocenters. The smallest absolute Gasteiger partial charge is 0.245 e. The molecule has 0 bridgehead atoms. The molecule has 3 aromatic rings. The fourth-order valence-electron chi connectivity index (χ4n) is 3.02. The molecule has 1 atom stereocenters. The number of aromatic nitrogens is 4. The summed E-state index contributed by atoms with van der Waals surface area (Å²) >= 11 is 0. The number of fused-ring (bicyclic) bond motifs is 1. The highest BCUT2D eigenvalue weighted by Crippen LogP contribution is 2.25. The molecule has 1 aliphatic heterocycles. The Kier molecular flexibility index (Phi) is 3.55. The van der Waals surface area contributed by atoms with E-state index in [9.17, 15) is 0 Å². The summed E-state index contributed by atoms with van der Waals surface area (Å²) in [4.78, 5) is 9.00. The fourth-order valence-corrected chi connectivity index (χ4v) is 3.02. The van der Waals surface area contributed by atoms with E-state index in [2.05, 4.69) is 43.4 Å². The maximum Gasteiger partial charge on any atom is 0.245 e. The van der Waals surface area contributed by atoms with Gasteiger partial charge in [-0.3, -0.25) is 9.80 Å². The predicted molar refractivity (Wildman–Crippen MR) is 81.5 cm³/mol. The molecule has 8 heteroatoms. The van der Waals surface area contributed by atoms with Gasteiger partial charge in [-0.25, -0.2) is 4.63 Å². The maximum absolute atomic E-state index is 5.36. The van der Waals surface area contributed by atoms with Crippen molar-refractivity contribution >= 4 is 11.0 Å². The second kappa shape index (κ2) is 5.71. The first-order valence-electron chi connectivity index (χ1n) is 7.63. The first-order valence-corrected chi connectivity index (χ1v) is 7.63. The van der Waals surface area contributed by atoms with Gasteiger partial charge in [0.15, 0.2) is 5.82 Å². The second-order valence-corrected chi connectivity index (χ2v) is 5.96. The Morgan fingerprint density at radius 2 is 2.13 bits per heavy atom. The monoisotopic (exact) mass is 314 g/mol. The number of likely N-dealkylation sites (N-methyl/N-ethyl adjacent to an activating group) is 1. The molecule has 0 spiro atoms. The van der Waals surface area contributed by atoms with Crippen molar-refractivity contribution in [2.75, 3.05) is 26.7 Å². The molecule has 1 saturated heterocycles. The molecular weight excluding hydrogens is 296 g/mol. The zero-order chi connectivity index (χ0) is 15.8. The first-order chi connectivity index (χ1) is 11.2. The average molecular weight is 314 g/mol. The fraction of sp³-hybridized carbons (Fsp3) is 0.467. The molecule has 8 nitrogen and oxygen atoms in total. The highest BCUT2D eigenvalue weighted by atomic mass is 16.6. The predicted octanol–water partition coefficient (Wildman–Crippen LogP) is 1.40. The second-order valence-electron chi connectivity index (χ2n) is 5.96. The molecule has 3 heterocycles. The van der Waals surface area contributed by atoms with E-state index >= 15 is 0 Å². The van der Waals surface area contributed by atoms with Crippen molar-refractivity contribution in [2.45, 2.75) is 19.5 Å². The zero-order valence-corrected chi connectivity index (χ0v) is 13.1. The van der Waals surface area contributed by atoms with Crippen LogP contribution in [0, 0.1) is 6.92 Å². The third-order valence-electron chi connectivity index (χ3n) is 4.32. The first kappa shape index (κ1) is 14.3. The van der Waals surface area contributed by atoms with Crippen molar-refractivity contribution < 1.29 is 9.15 Å². The molecule has 1 fully saturated rings. The van der Waals surface area contributed by atoms with Crippen LogP contribution in [0.25, 0.3) is 11.0 Å². The van der Waals surface area contributed by atoms with Crippen LogP contribution in [0.4, 0.5) is 0 Å². The minimum Gasteiger partial charge on any atom is -0.338 e. The maximum atomic E-state index is 5.36. The van der Waals surface area contributed by atoms with Crippen LogP contribution in [0.3, 0.4) is 0 Å². The molecule has 2 aromatic heterocycles. The van der Waals surface area contributed by atoms with Crippen molar-refractivity contribution in [1.82, 2.24) is 30.3 Å². The van der Waals surface area contributed by atoms with E-state index in [0.29, 0.717) is 11.7 Å². The van der Waals surface area contributed by atoms with Crippen molar-refractivity contribution in [3.8, 4) is 0 Å². The van der Waals surface area contributed by atoms with Crippen LogP contribution in [0.5, 0.6) is 0 Å². The quantitative estimate of drug-likeness (QED) is 0.717. The van der Waals surface area contributed by atoms with Gasteiger partial charge in [-0.15, -0.1) is 0 Å². The van der Waals surface area contributed by atoms with E-state index in [1.807, 2.05) is 19.1 Å². The number of piperazine rings is 1. The Morgan fingerprint density at radius 3 is 2.96 bits per heavy atom. The van der Waals surface area contributed by atoms with Crippen molar-refractivity contribution in [1.29, 1.82) is 0 Å². The largest absolute Gasteiger partial charge is 0.338 e. The summed E-state index contributed by atoms with van der Waals surface area (Å²) in [6.07, 6.45) is 0. The van der Waals surface area contributed by atoms with Crippen LogP contribution in [-0.2, 0) is 6.54 Å². The zero-order valence-electron chi connectivity index (χ0n) is 13.1. The van der Waals surface area contributed by atoms with Gasteiger partial charge < -0.3 is 4.52 Å². The SMILES string of the molecule is Cc1noc(C2CN(Cc3cccc4nonc34)CCN2C)n1. The Bertz CT molecular complexity index is 813. The van der Waals surface area contributed by atoms with Gasteiger partial charge in [-0.1, -0.05) is 17.3 Å². The van der Waals surface area contributed by atoms with Gasteiger partial charge in [0.1, 0.15) is 17.1 Å². The van der Waals surface area contributed by atoms with E-state index in [4.69, 9.17) is 9.15 Å². The van der Waals surface area contributed by atoms with Crippen LogP contribution in [-0.4, -0.2) is 56.9 Å². The lowest BCUT2D eigenvalue weighted by atomic mass is 10.1. The van der Waals surface area contributed by atoms with Crippen LogP contribution in [0.1, 0.15) is 23.3 Å². The van der Waals surface area contributed by atoms with Gasteiger partial charge in [-0.05, 0) is 35.9 Å². The summed E-state index contributed by atoms with van der Waals surface area (Å²) in [6, 6.07) is 6.07. The molecule has 0 N–H and O–H groups in total. The van der Waals surface area contributed by atoms with Gasteiger partial charge in [0, 0.05) is 26.2 Å². The minimum absolute atomic E-state index is 0.111.